The molecule has 0 radical (unpaired) electrons. The fraction of sp³-hybridized carbons (Fsp3) is 0.0500. The molecule has 0 saturated carbocycles. The van der Waals surface area contributed by atoms with Crippen molar-refractivity contribution in [3.05, 3.63) is 70.4 Å². The van der Waals surface area contributed by atoms with Crippen LogP contribution >= 0.6 is 0 Å². The zero-order valence-electron chi connectivity index (χ0n) is 12.9. The van der Waals surface area contributed by atoms with Crippen LogP contribution in [0.1, 0.15) is 5.56 Å². The highest BCUT2D eigenvalue weighted by molar-refractivity contribution is 5.90. The van der Waals surface area contributed by atoms with Crippen LogP contribution in [0.25, 0.3) is 33.1 Å². The van der Waals surface area contributed by atoms with Crippen molar-refractivity contribution in [3.8, 4) is 22.8 Å². The largest absolute Gasteiger partial charge is 0.508 e. The van der Waals surface area contributed by atoms with E-state index in [1.165, 1.54) is 18.2 Å². The second-order valence-corrected chi connectivity index (χ2v) is 5.78. The SMILES string of the molecule is Cc1c(O)ccc2c(=O)cc(-c3cc4ccccc4cc3O)oc12. The molecule has 2 N–H and O–H groups in total. The van der Waals surface area contributed by atoms with Crippen molar-refractivity contribution < 1.29 is 14.6 Å². The Morgan fingerprint density at radius 1 is 0.875 bits per heavy atom. The lowest BCUT2D eigenvalue weighted by atomic mass is 10.0. The number of phenolic OH excluding ortho intramolecular Hbond substituents is 2. The summed E-state index contributed by atoms with van der Waals surface area (Å²) in [5.74, 6) is 0.365. The Bertz CT molecular complexity index is 1160. The van der Waals surface area contributed by atoms with Crippen molar-refractivity contribution in [1.82, 2.24) is 0 Å². The fourth-order valence-electron chi connectivity index (χ4n) is 2.90. The first-order valence-corrected chi connectivity index (χ1v) is 7.53. The summed E-state index contributed by atoms with van der Waals surface area (Å²) in [7, 11) is 0. The standard InChI is InChI=1S/C20H14O4/c1-11-16(21)7-6-14-18(23)10-19(24-20(11)14)15-8-12-4-2-3-5-13(12)9-17(15)22/h2-10,21-22H,1H3. The smallest absolute Gasteiger partial charge is 0.193 e. The number of rotatable bonds is 1. The van der Waals surface area contributed by atoms with Gasteiger partial charge in [-0.05, 0) is 42.0 Å². The van der Waals surface area contributed by atoms with Crippen LogP contribution < -0.4 is 5.43 Å². The van der Waals surface area contributed by atoms with Crippen LogP contribution in [0.15, 0.2) is 63.8 Å². The third kappa shape index (κ3) is 2.12. The minimum atomic E-state index is -0.220. The van der Waals surface area contributed by atoms with Crippen LogP contribution in [0.2, 0.25) is 0 Å². The van der Waals surface area contributed by atoms with E-state index >= 15 is 0 Å². The molecule has 1 heterocycles. The predicted molar refractivity (Wildman–Crippen MR) is 93.5 cm³/mol. The molecule has 0 atom stereocenters. The Morgan fingerprint density at radius 2 is 1.58 bits per heavy atom. The minimum absolute atomic E-state index is 0.0361. The lowest BCUT2D eigenvalue weighted by molar-refractivity contribution is 0.469. The van der Waals surface area contributed by atoms with E-state index in [1.54, 1.807) is 19.1 Å². The van der Waals surface area contributed by atoms with Gasteiger partial charge in [0.15, 0.2) is 5.43 Å². The minimum Gasteiger partial charge on any atom is -0.508 e. The zero-order chi connectivity index (χ0) is 16.8. The molecule has 0 unspecified atom stereocenters. The van der Waals surface area contributed by atoms with E-state index in [0.29, 0.717) is 22.1 Å². The molecule has 4 rings (SSSR count). The molecule has 0 aliphatic carbocycles. The topological polar surface area (TPSA) is 70.7 Å². The summed E-state index contributed by atoms with van der Waals surface area (Å²) < 4.78 is 5.85. The zero-order valence-corrected chi connectivity index (χ0v) is 12.9. The molecule has 118 valence electrons. The number of phenols is 2. The summed E-state index contributed by atoms with van der Waals surface area (Å²) in [5.41, 5.74) is 1.04. The number of benzene rings is 3. The maximum absolute atomic E-state index is 12.4. The summed E-state index contributed by atoms with van der Waals surface area (Å²) in [4.78, 5) is 12.4. The van der Waals surface area contributed by atoms with E-state index in [0.717, 1.165) is 10.8 Å². The van der Waals surface area contributed by atoms with E-state index in [9.17, 15) is 15.0 Å². The quantitative estimate of drug-likeness (QED) is 0.548. The average molecular weight is 318 g/mol. The molecule has 4 nitrogen and oxygen atoms in total. The van der Waals surface area contributed by atoms with Gasteiger partial charge in [-0.1, -0.05) is 24.3 Å². The molecule has 0 aliphatic rings. The molecule has 24 heavy (non-hydrogen) atoms. The molecule has 1 aromatic heterocycles. The van der Waals surface area contributed by atoms with E-state index in [2.05, 4.69) is 0 Å². The second kappa shape index (κ2) is 5.13. The van der Waals surface area contributed by atoms with Crippen molar-refractivity contribution in [2.45, 2.75) is 6.92 Å². The van der Waals surface area contributed by atoms with Crippen molar-refractivity contribution in [2.24, 2.45) is 0 Å². The van der Waals surface area contributed by atoms with Crippen molar-refractivity contribution in [3.63, 3.8) is 0 Å². The van der Waals surface area contributed by atoms with Gasteiger partial charge in [0.25, 0.3) is 0 Å². The van der Waals surface area contributed by atoms with E-state index in [1.807, 2.05) is 24.3 Å². The van der Waals surface area contributed by atoms with Crippen LogP contribution in [0.5, 0.6) is 11.5 Å². The summed E-state index contributed by atoms with van der Waals surface area (Å²) in [5, 5.41) is 22.4. The molecule has 0 saturated heterocycles. The predicted octanol–water partition coefficient (Wildman–Crippen LogP) is 4.33. The normalized spacial score (nSPS) is 11.2. The fourth-order valence-corrected chi connectivity index (χ4v) is 2.90. The number of aromatic hydroxyl groups is 2. The summed E-state index contributed by atoms with van der Waals surface area (Å²) in [6.07, 6.45) is 0. The number of hydrogen-bond acceptors (Lipinski definition) is 4. The second-order valence-electron chi connectivity index (χ2n) is 5.78. The molecule has 4 heteroatoms. The van der Waals surface area contributed by atoms with E-state index in [-0.39, 0.29) is 22.7 Å². The van der Waals surface area contributed by atoms with Crippen LogP contribution in [0.4, 0.5) is 0 Å². The first-order chi connectivity index (χ1) is 11.5. The van der Waals surface area contributed by atoms with Crippen molar-refractivity contribution in [1.29, 1.82) is 0 Å². The van der Waals surface area contributed by atoms with Gasteiger partial charge in [-0.2, -0.15) is 0 Å². The molecule has 4 aromatic rings. The van der Waals surface area contributed by atoms with Gasteiger partial charge in [-0.25, -0.2) is 0 Å². The van der Waals surface area contributed by atoms with Gasteiger partial charge in [0.05, 0.1) is 10.9 Å². The summed E-state index contributed by atoms with van der Waals surface area (Å²) in [6, 6.07) is 15.4. The Labute approximate surface area is 137 Å². The number of aryl methyl sites for hydroxylation is 1. The molecular formula is C20H14O4. The van der Waals surface area contributed by atoms with Gasteiger partial charge in [0, 0.05) is 11.6 Å². The molecular weight excluding hydrogens is 304 g/mol. The Balaban J connectivity index is 2.05. The molecule has 0 spiro atoms. The Hall–Kier alpha value is -3.27. The Morgan fingerprint density at radius 3 is 2.33 bits per heavy atom. The maximum atomic E-state index is 12.4. The van der Waals surface area contributed by atoms with Crippen LogP contribution in [0, 0.1) is 6.92 Å². The third-order valence-corrected chi connectivity index (χ3v) is 4.25. The van der Waals surface area contributed by atoms with Gasteiger partial charge in [-0.15, -0.1) is 0 Å². The number of hydrogen-bond donors (Lipinski definition) is 2. The average Bonchev–Trinajstić information content (AvgIpc) is 2.57. The van der Waals surface area contributed by atoms with Gasteiger partial charge in [0.1, 0.15) is 22.8 Å². The van der Waals surface area contributed by atoms with Crippen LogP contribution in [-0.4, -0.2) is 10.2 Å². The van der Waals surface area contributed by atoms with Crippen molar-refractivity contribution in [2.75, 3.05) is 0 Å². The monoisotopic (exact) mass is 318 g/mol. The van der Waals surface area contributed by atoms with Crippen LogP contribution in [0.3, 0.4) is 0 Å². The highest BCUT2D eigenvalue weighted by Crippen LogP contribution is 2.35. The summed E-state index contributed by atoms with van der Waals surface area (Å²) >= 11 is 0. The van der Waals surface area contributed by atoms with Gasteiger partial charge in [-0.3, -0.25) is 4.79 Å². The first kappa shape index (κ1) is 14.3. The van der Waals surface area contributed by atoms with Gasteiger partial charge >= 0.3 is 0 Å². The summed E-state index contributed by atoms with van der Waals surface area (Å²) in [6.45, 7) is 1.69. The first-order valence-electron chi connectivity index (χ1n) is 7.53. The lowest BCUT2D eigenvalue weighted by Crippen LogP contribution is -2.01. The highest BCUT2D eigenvalue weighted by Gasteiger charge is 2.14. The third-order valence-electron chi connectivity index (χ3n) is 4.25. The van der Waals surface area contributed by atoms with E-state index < -0.39 is 0 Å². The Kier molecular flexibility index (Phi) is 3.06. The molecule has 0 fully saturated rings. The van der Waals surface area contributed by atoms with Gasteiger partial charge in [0.2, 0.25) is 0 Å². The van der Waals surface area contributed by atoms with Crippen LogP contribution in [-0.2, 0) is 0 Å². The molecule has 0 aliphatic heterocycles. The molecule has 0 amide bonds. The molecule has 3 aromatic carbocycles. The molecule has 0 bridgehead atoms. The number of fused-ring (bicyclic) bond motifs is 2. The maximum Gasteiger partial charge on any atom is 0.193 e. The van der Waals surface area contributed by atoms with E-state index in [4.69, 9.17) is 4.42 Å². The van der Waals surface area contributed by atoms with Gasteiger partial charge < -0.3 is 14.6 Å². The van der Waals surface area contributed by atoms with Crippen molar-refractivity contribution >= 4 is 21.7 Å². The highest BCUT2D eigenvalue weighted by atomic mass is 16.3. The lowest BCUT2D eigenvalue weighted by Gasteiger charge is -2.09.